The van der Waals surface area contributed by atoms with Crippen LogP contribution >= 0.6 is 0 Å². The molecule has 28 heavy (non-hydrogen) atoms. The average Bonchev–Trinajstić information content (AvgIpc) is 3.17. The van der Waals surface area contributed by atoms with Crippen LogP contribution in [0.5, 0.6) is 5.75 Å². The molecule has 4 rings (SSSR count). The van der Waals surface area contributed by atoms with E-state index in [9.17, 15) is 14.0 Å². The van der Waals surface area contributed by atoms with Gasteiger partial charge in [-0.15, -0.1) is 0 Å². The van der Waals surface area contributed by atoms with Gasteiger partial charge in [0.25, 0.3) is 5.91 Å². The third-order valence-electron chi connectivity index (χ3n) is 5.34. The Kier molecular flexibility index (Phi) is 5.17. The number of amides is 1. The van der Waals surface area contributed by atoms with Crippen molar-refractivity contribution in [1.82, 2.24) is 4.90 Å². The Balaban J connectivity index is 1.45. The van der Waals surface area contributed by atoms with Crippen molar-refractivity contribution in [1.29, 1.82) is 0 Å². The SMILES string of the molecule is COCc1ccc(C(=O)N2CCCC(C3CC(=O)c4cc(F)ccc4O3)C2)o1. The second-order valence-corrected chi connectivity index (χ2v) is 7.28. The summed E-state index contributed by atoms with van der Waals surface area (Å²) in [6, 6.07) is 7.41. The molecule has 0 aliphatic carbocycles. The van der Waals surface area contributed by atoms with Crippen molar-refractivity contribution >= 4 is 11.7 Å². The molecule has 2 aliphatic rings. The molecule has 3 heterocycles. The maximum atomic E-state index is 13.4. The summed E-state index contributed by atoms with van der Waals surface area (Å²) in [5, 5.41) is 0. The lowest BCUT2D eigenvalue weighted by atomic mass is 9.87. The van der Waals surface area contributed by atoms with Crippen molar-refractivity contribution in [2.24, 2.45) is 5.92 Å². The summed E-state index contributed by atoms with van der Waals surface area (Å²) in [5.41, 5.74) is 0.293. The van der Waals surface area contributed by atoms with Crippen LogP contribution in [0.3, 0.4) is 0 Å². The molecule has 2 aliphatic heterocycles. The molecule has 0 spiro atoms. The molecule has 0 radical (unpaired) electrons. The highest BCUT2D eigenvalue weighted by atomic mass is 19.1. The zero-order valence-corrected chi connectivity index (χ0v) is 15.7. The van der Waals surface area contributed by atoms with Crippen LogP contribution in [0.4, 0.5) is 4.39 Å². The van der Waals surface area contributed by atoms with E-state index in [0.717, 1.165) is 12.8 Å². The Morgan fingerprint density at radius 2 is 2.18 bits per heavy atom. The number of benzene rings is 1. The first-order chi connectivity index (χ1) is 13.5. The number of hydrogen-bond donors (Lipinski definition) is 0. The predicted molar refractivity (Wildman–Crippen MR) is 97.8 cm³/mol. The number of furan rings is 1. The molecule has 1 saturated heterocycles. The summed E-state index contributed by atoms with van der Waals surface area (Å²) in [5.74, 6) is 0.601. The van der Waals surface area contributed by atoms with Gasteiger partial charge in [0.1, 0.15) is 30.0 Å². The number of fused-ring (bicyclic) bond motifs is 1. The molecule has 1 aromatic carbocycles. The lowest BCUT2D eigenvalue weighted by Gasteiger charge is -2.38. The molecular formula is C21H22FNO5. The zero-order valence-electron chi connectivity index (χ0n) is 15.7. The summed E-state index contributed by atoms with van der Waals surface area (Å²) in [6.45, 7) is 1.44. The summed E-state index contributed by atoms with van der Waals surface area (Å²) < 4.78 is 30.0. The van der Waals surface area contributed by atoms with Gasteiger partial charge < -0.3 is 18.8 Å². The van der Waals surface area contributed by atoms with Crippen molar-refractivity contribution in [3.05, 3.63) is 53.2 Å². The second-order valence-electron chi connectivity index (χ2n) is 7.28. The summed E-state index contributed by atoms with van der Waals surface area (Å²) >= 11 is 0. The number of carbonyl (C=O) groups is 2. The molecule has 2 aromatic rings. The fourth-order valence-corrected chi connectivity index (χ4v) is 3.95. The highest BCUT2D eigenvalue weighted by molar-refractivity contribution is 6.00. The molecule has 1 aromatic heterocycles. The molecule has 0 saturated carbocycles. The van der Waals surface area contributed by atoms with Crippen molar-refractivity contribution < 1.29 is 27.9 Å². The quantitative estimate of drug-likeness (QED) is 0.804. The summed E-state index contributed by atoms with van der Waals surface area (Å²) in [6.07, 6.45) is 1.57. The van der Waals surface area contributed by atoms with Crippen LogP contribution in [0.15, 0.2) is 34.7 Å². The van der Waals surface area contributed by atoms with Gasteiger partial charge >= 0.3 is 0 Å². The minimum atomic E-state index is -0.449. The van der Waals surface area contributed by atoms with Gasteiger partial charge in [0.05, 0.1) is 5.56 Å². The number of piperidine rings is 1. The maximum Gasteiger partial charge on any atom is 0.289 e. The Morgan fingerprint density at radius 1 is 1.32 bits per heavy atom. The molecule has 2 atom stereocenters. The Hall–Kier alpha value is -2.67. The maximum absolute atomic E-state index is 13.4. The molecular weight excluding hydrogens is 365 g/mol. The van der Waals surface area contributed by atoms with E-state index in [4.69, 9.17) is 13.9 Å². The number of carbonyl (C=O) groups excluding carboxylic acids is 2. The Bertz CT molecular complexity index is 893. The van der Waals surface area contributed by atoms with Gasteiger partial charge in [-0.25, -0.2) is 4.39 Å². The van der Waals surface area contributed by atoms with Crippen molar-refractivity contribution in [2.75, 3.05) is 20.2 Å². The molecule has 1 fully saturated rings. The number of Topliss-reactive ketones (excluding diaryl/α,β-unsaturated/α-hetero) is 1. The number of methoxy groups -OCH3 is 1. The molecule has 148 valence electrons. The van der Waals surface area contributed by atoms with Gasteiger partial charge in [0.15, 0.2) is 11.5 Å². The van der Waals surface area contributed by atoms with E-state index in [0.29, 0.717) is 36.8 Å². The van der Waals surface area contributed by atoms with Crippen molar-refractivity contribution in [3.63, 3.8) is 0 Å². The van der Waals surface area contributed by atoms with Crippen molar-refractivity contribution in [2.45, 2.75) is 32.0 Å². The number of ketones is 1. The van der Waals surface area contributed by atoms with Crippen LogP contribution in [-0.2, 0) is 11.3 Å². The molecule has 1 amide bonds. The van der Waals surface area contributed by atoms with Gasteiger partial charge in [-0.05, 0) is 43.2 Å². The van der Waals surface area contributed by atoms with Gasteiger partial charge in [-0.2, -0.15) is 0 Å². The smallest absolute Gasteiger partial charge is 0.289 e. The topological polar surface area (TPSA) is 69.0 Å². The zero-order chi connectivity index (χ0) is 19.7. The minimum Gasteiger partial charge on any atom is -0.489 e. The number of hydrogen-bond acceptors (Lipinski definition) is 5. The molecule has 0 bridgehead atoms. The monoisotopic (exact) mass is 387 g/mol. The number of ether oxygens (including phenoxy) is 2. The van der Waals surface area contributed by atoms with Gasteiger partial charge in [-0.3, -0.25) is 9.59 Å². The number of nitrogens with zero attached hydrogens (tertiary/aromatic N) is 1. The van der Waals surface area contributed by atoms with Crippen LogP contribution in [0.1, 0.15) is 45.9 Å². The highest BCUT2D eigenvalue weighted by Crippen LogP contribution is 2.34. The predicted octanol–water partition coefficient (Wildman–Crippen LogP) is 3.45. The van der Waals surface area contributed by atoms with Crippen molar-refractivity contribution in [3.8, 4) is 5.75 Å². The van der Waals surface area contributed by atoms with E-state index < -0.39 is 5.82 Å². The lowest BCUT2D eigenvalue weighted by molar-refractivity contribution is 0.0388. The van der Waals surface area contributed by atoms with E-state index in [1.165, 1.54) is 18.2 Å². The normalized spacial score (nSPS) is 21.9. The van der Waals surface area contributed by atoms with Gasteiger partial charge in [-0.1, -0.05) is 0 Å². The number of halogens is 1. The summed E-state index contributed by atoms with van der Waals surface area (Å²) in [7, 11) is 1.57. The van der Waals surface area contributed by atoms with Crippen LogP contribution < -0.4 is 4.74 Å². The number of rotatable bonds is 4. The largest absolute Gasteiger partial charge is 0.489 e. The third-order valence-corrected chi connectivity index (χ3v) is 5.34. The lowest BCUT2D eigenvalue weighted by Crippen LogP contribution is -2.46. The van der Waals surface area contributed by atoms with Crippen LogP contribution in [0.25, 0.3) is 0 Å². The average molecular weight is 387 g/mol. The second kappa shape index (κ2) is 7.75. The Labute approximate surface area is 162 Å². The van der Waals surface area contributed by atoms with E-state index in [1.54, 1.807) is 24.1 Å². The number of likely N-dealkylation sites (tertiary alicyclic amines) is 1. The Morgan fingerprint density at radius 3 is 3.00 bits per heavy atom. The molecule has 7 heteroatoms. The van der Waals surface area contributed by atoms with Gasteiger partial charge in [0.2, 0.25) is 0 Å². The van der Waals surface area contributed by atoms with E-state index in [2.05, 4.69) is 0 Å². The van der Waals surface area contributed by atoms with Crippen LogP contribution in [0, 0.1) is 11.7 Å². The molecule has 2 unspecified atom stereocenters. The third kappa shape index (κ3) is 3.67. The van der Waals surface area contributed by atoms with E-state index in [1.807, 2.05) is 0 Å². The van der Waals surface area contributed by atoms with E-state index >= 15 is 0 Å². The molecule has 6 nitrogen and oxygen atoms in total. The summed E-state index contributed by atoms with van der Waals surface area (Å²) in [4.78, 5) is 27.0. The first kappa shape index (κ1) is 18.7. The fourth-order valence-electron chi connectivity index (χ4n) is 3.95. The molecule has 0 N–H and O–H groups in total. The standard InChI is InChI=1S/C21H22FNO5/c1-26-12-15-5-7-19(27-15)21(25)23-8-2-3-13(11-23)20-10-17(24)16-9-14(22)4-6-18(16)28-20/h4-7,9,13,20H,2-3,8,10-12H2,1H3. The van der Waals surface area contributed by atoms with Crippen LogP contribution in [-0.4, -0.2) is 42.9 Å². The van der Waals surface area contributed by atoms with Gasteiger partial charge in [0, 0.05) is 32.5 Å². The first-order valence-corrected chi connectivity index (χ1v) is 9.41. The van der Waals surface area contributed by atoms with E-state index in [-0.39, 0.29) is 35.9 Å². The first-order valence-electron chi connectivity index (χ1n) is 9.41. The minimum absolute atomic E-state index is 0.0354. The fraction of sp³-hybridized carbons (Fsp3) is 0.429. The van der Waals surface area contributed by atoms with Crippen LogP contribution in [0.2, 0.25) is 0 Å². The highest BCUT2D eigenvalue weighted by Gasteiger charge is 2.36.